The molecule has 0 spiro atoms. The fraction of sp³-hybridized carbons (Fsp3) is 0.684. The molecular weight excluding hydrogens is 242 g/mol. The van der Waals surface area contributed by atoms with Crippen LogP contribution in [-0.2, 0) is 11.8 Å². The van der Waals surface area contributed by atoms with E-state index in [1.165, 1.54) is 37.7 Å². The molecule has 1 saturated carbocycles. The first-order chi connectivity index (χ1) is 9.58. The number of hydrogen-bond donors (Lipinski definition) is 1. The van der Waals surface area contributed by atoms with Gasteiger partial charge in [-0.05, 0) is 61.8 Å². The SMILES string of the molecule is CCCC12CC3(CC)c4c(ccc(C)c4C)CC(N1)C23. The molecule has 1 heteroatoms. The maximum atomic E-state index is 3.96. The van der Waals surface area contributed by atoms with Crippen LogP contribution >= 0.6 is 0 Å². The lowest BCUT2D eigenvalue weighted by Crippen LogP contribution is -2.87. The van der Waals surface area contributed by atoms with E-state index in [-0.39, 0.29) is 0 Å². The Balaban J connectivity index is 1.85. The Kier molecular flexibility index (Phi) is 2.50. The van der Waals surface area contributed by atoms with Crippen molar-refractivity contribution in [2.75, 3.05) is 0 Å². The normalized spacial score (nSPS) is 40.4. The van der Waals surface area contributed by atoms with Gasteiger partial charge >= 0.3 is 0 Å². The first-order valence-corrected chi connectivity index (χ1v) is 8.45. The van der Waals surface area contributed by atoms with Crippen LogP contribution in [0.5, 0.6) is 0 Å². The standard InChI is InChI=1S/C19H27N/c1-5-9-19-11-18(6-2)16-13(4)12(3)7-8-14(16)10-15(20-19)17(18)19/h7-8,15,17,20H,5-6,9-11H2,1-4H3. The van der Waals surface area contributed by atoms with Crippen molar-refractivity contribution in [3.63, 3.8) is 0 Å². The molecule has 4 unspecified atom stereocenters. The molecule has 1 N–H and O–H groups in total. The van der Waals surface area contributed by atoms with E-state index in [9.17, 15) is 0 Å². The Hall–Kier alpha value is -0.820. The van der Waals surface area contributed by atoms with E-state index < -0.39 is 0 Å². The Morgan fingerprint density at radius 1 is 1.25 bits per heavy atom. The zero-order chi connectivity index (χ0) is 14.1. The van der Waals surface area contributed by atoms with Crippen molar-refractivity contribution in [2.24, 2.45) is 5.92 Å². The molecule has 1 saturated heterocycles. The fourth-order valence-corrected chi connectivity index (χ4v) is 6.12. The molecule has 2 fully saturated rings. The monoisotopic (exact) mass is 269 g/mol. The number of rotatable bonds is 3. The smallest absolute Gasteiger partial charge is 0.0244 e. The summed E-state index contributed by atoms with van der Waals surface area (Å²) >= 11 is 0. The lowest BCUT2D eigenvalue weighted by atomic mass is 9.36. The Labute approximate surface area is 123 Å². The van der Waals surface area contributed by atoms with Crippen LogP contribution in [0.25, 0.3) is 0 Å². The molecule has 1 aromatic carbocycles. The highest BCUT2D eigenvalue weighted by atomic mass is 15.2. The van der Waals surface area contributed by atoms with Crippen molar-refractivity contribution in [2.45, 2.75) is 76.8 Å². The Morgan fingerprint density at radius 3 is 2.75 bits per heavy atom. The molecule has 3 aliphatic rings. The van der Waals surface area contributed by atoms with Crippen molar-refractivity contribution in [1.29, 1.82) is 0 Å². The summed E-state index contributed by atoms with van der Waals surface area (Å²) in [5.74, 6) is 0.910. The zero-order valence-corrected chi connectivity index (χ0v) is 13.3. The van der Waals surface area contributed by atoms with Crippen LogP contribution < -0.4 is 5.32 Å². The molecule has 1 heterocycles. The van der Waals surface area contributed by atoms with E-state index in [1.807, 2.05) is 0 Å². The summed E-state index contributed by atoms with van der Waals surface area (Å²) in [7, 11) is 0. The second-order valence-electron chi connectivity index (χ2n) is 7.57. The van der Waals surface area contributed by atoms with Gasteiger partial charge in [-0.15, -0.1) is 0 Å². The highest BCUT2D eigenvalue weighted by Crippen LogP contribution is 2.68. The van der Waals surface area contributed by atoms with Gasteiger partial charge in [-0.3, -0.25) is 0 Å². The summed E-state index contributed by atoms with van der Waals surface area (Å²) in [4.78, 5) is 0. The van der Waals surface area contributed by atoms with E-state index in [1.54, 1.807) is 16.7 Å². The maximum absolute atomic E-state index is 3.96. The summed E-state index contributed by atoms with van der Waals surface area (Å²) in [6, 6.07) is 5.49. The molecule has 4 rings (SSSR count). The molecular formula is C19H27N. The molecule has 20 heavy (non-hydrogen) atoms. The van der Waals surface area contributed by atoms with Gasteiger partial charge in [0.1, 0.15) is 0 Å². The molecule has 4 atom stereocenters. The van der Waals surface area contributed by atoms with Gasteiger partial charge in [-0.2, -0.15) is 0 Å². The van der Waals surface area contributed by atoms with Crippen LogP contribution in [0.2, 0.25) is 0 Å². The van der Waals surface area contributed by atoms with Crippen molar-refractivity contribution >= 4 is 0 Å². The third-order valence-corrected chi connectivity index (χ3v) is 6.78. The van der Waals surface area contributed by atoms with Crippen LogP contribution in [0.4, 0.5) is 0 Å². The molecule has 1 nitrogen and oxygen atoms in total. The van der Waals surface area contributed by atoms with Crippen LogP contribution in [0, 0.1) is 19.8 Å². The number of hydrogen-bond acceptors (Lipinski definition) is 1. The highest BCUT2D eigenvalue weighted by molar-refractivity contribution is 5.54. The first-order valence-electron chi connectivity index (χ1n) is 8.45. The lowest BCUT2D eigenvalue weighted by Gasteiger charge is -2.77. The second kappa shape index (κ2) is 3.88. The number of benzene rings is 1. The fourth-order valence-electron chi connectivity index (χ4n) is 6.12. The first kappa shape index (κ1) is 12.9. The van der Waals surface area contributed by atoms with Gasteiger partial charge in [0.25, 0.3) is 0 Å². The third kappa shape index (κ3) is 1.24. The summed E-state index contributed by atoms with van der Waals surface area (Å²) in [6.07, 6.45) is 6.64. The van der Waals surface area contributed by atoms with Crippen molar-refractivity contribution in [3.8, 4) is 0 Å². The van der Waals surface area contributed by atoms with Crippen LogP contribution in [0.15, 0.2) is 12.1 Å². The molecule has 2 aliphatic carbocycles. The Bertz CT molecular complexity index is 575. The van der Waals surface area contributed by atoms with Crippen molar-refractivity contribution in [1.82, 2.24) is 5.32 Å². The van der Waals surface area contributed by atoms with Gasteiger partial charge in [0.05, 0.1) is 0 Å². The number of aryl methyl sites for hydroxylation is 1. The quantitative estimate of drug-likeness (QED) is 0.873. The van der Waals surface area contributed by atoms with E-state index >= 15 is 0 Å². The van der Waals surface area contributed by atoms with Gasteiger partial charge in [-0.25, -0.2) is 0 Å². The molecule has 1 aliphatic heterocycles. The molecule has 108 valence electrons. The highest BCUT2D eigenvalue weighted by Gasteiger charge is 2.73. The summed E-state index contributed by atoms with van der Waals surface area (Å²) in [5, 5.41) is 3.96. The summed E-state index contributed by atoms with van der Waals surface area (Å²) < 4.78 is 0. The van der Waals surface area contributed by atoms with Crippen LogP contribution in [0.3, 0.4) is 0 Å². The van der Waals surface area contributed by atoms with E-state index in [0.717, 1.165) is 12.0 Å². The van der Waals surface area contributed by atoms with E-state index in [4.69, 9.17) is 0 Å². The molecule has 0 bridgehead atoms. The zero-order valence-electron chi connectivity index (χ0n) is 13.3. The number of nitrogens with one attached hydrogen (secondary N) is 1. The molecule has 0 amide bonds. The topological polar surface area (TPSA) is 12.0 Å². The van der Waals surface area contributed by atoms with Crippen LogP contribution in [0.1, 0.15) is 61.8 Å². The lowest BCUT2D eigenvalue weighted by molar-refractivity contribution is -0.154. The minimum atomic E-state index is 0.495. The Morgan fingerprint density at radius 2 is 2.05 bits per heavy atom. The third-order valence-electron chi connectivity index (χ3n) is 6.78. The number of fused-ring (bicyclic) bond motifs is 2. The maximum Gasteiger partial charge on any atom is 0.0244 e. The average molecular weight is 269 g/mol. The van der Waals surface area contributed by atoms with Crippen molar-refractivity contribution in [3.05, 3.63) is 34.4 Å². The number of piperidine rings is 1. The largest absolute Gasteiger partial charge is 0.307 e. The van der Waals surface area contributed by atoms with Gasteiger partial charge in [-0.1, -0.05) is 32.4 Å². The molecule has 0 aromatic heterocycles. The van der Waals surface area contributed by atoms with Crippen LogP contribution in [-0.4, -0.2) is 11.6 Å². The van der Waals surface area contributed by atoms with Gasteiger partial charge in [0.2, 0.25) is 0 Å². The summed E-state index contributed by atoms with van der Waals surface area (Å²) in [5.41, 5.74) is 7.44. The van der Waals surface area contributed by atoms with E-state index in [2.05, 4.69) is 45.1 Å². The van der Waals surface area contributed by atoms with Crippen molar-refractivity contribution < 1.29 is 0 Å². The molecule has 1 aromatic rings. The van der Waals surface area contributed by atoms with E-state index in [0.29, 0.717) is 11.0 Å². The summed E-state index contributed by atoms with van der Waals surface area (Å²) in [6.45, 7) is 9.39. The predicted octanol–water partition coefficient (Wildman–Crippen LogP) is 4.04. The van der Waals surface area contributed by atoms with Gasteiger partial charge in [0.15, 0.2) is 0 Å². The molecule has 0 radical (unpaired) electrons. The second-order valence-corrected chi connectivity index (χ2v) is 7.57. The van der Waals surface area contributed by atoms with Gasteiger partial charge in [0, 0.05) is 22.9 Å². The minimum Gasteiger partial charge on any atom is -0.307 e. The minimum absolute atomic E-state index is 0.495. The van der Waals surface area contributed by atoms with Gasteiger partial charge < -0.3 is 5.32 Å². The predicted molar refractivity (Wildman–Crippen MR) is 84.3 cm³/mol. The average Bonchev–Trinajstić information content (AvgIpc) is 2.39.